The van der Waals surface area contributed by atoms with Gasteiger partial charge in [0.25, 0.3) is 0 Å². The number of aliphatic hydroxyl groups is 1. The predicted octanol–water partition coefficient (Wildman–Crippen LogP) is 0.924. The Morgan fingerprint density at radius 2 is 1.85 bits per heavy atom. The highest BCUT2D eigenvalue weighted by Gasteiger charge is 2.19. The summed E-state index contributed by atoms with van der Waals surface area (Å²) in [5.74, 6) is -1.13. The summed E-state index contributed by atoms with van der Waals surface area (Å²) in [5.41, 5.74) is 1.04. The molecular formula is C13H19NO5S. The van der Waals surface area contributed by atoms with E-state index in [-0.39, 0.29) is 4.90 Å². The van der Waals surface area contributed by atoms with Gasteiger partial charge < -0.3 is 10.2 Å². The summed E-state index contributed by atoms with van der Waals surface area (Å²) in [6.07, 6.45) is -0.807. The van der Waals surface area contributed by atoms with Crippen LogP contribution in [0.2, 0.25) is 0 Å². The smallest absolute Gasteiger partial charge is 0.333 e. The van der Waals surface area contributed by atoms with Gasteiger partial charge in [-0.25, -0.2) is 17.9 Å². The molecule has 0 heterocycles. The zero-order valence-corrected chi connectivity index (χ0v) is 12.2. The molecule has 7 heteroatoms. The molecule has 0 radical (unpaired) electrons. The number of carboxylic acids is 1. The number of aliphatic carboxylic acids is 1. The first-order valence-corrected chi connectivity index (χ1v) is 7.76. The third-order valence-electron chi connectivity index (χ3n) is 3.12. The van der Waals surface area contributed by atoms with E-state index in [0.29, 0.717) is 5.92 Å². The van der Waals surface area contributed by atoms with Crippen LogP contribution in [-0.4, -0.2) is 37.2 Å². The van der Waals surface area contributed by atoms with Crippen LogP contribution in [0.5, 0.6) is 0 Å². The fourth-order valence-corrected chi connectivity index (χ4v) is 2.61. The van der Waals surface area contributed by atoms with Gasteiger partial charge in [0, 0.05) is 6.54 Å². The van der Waals surface area contributed by atoms with E-state index in [2.05, 4.69) is 4.72 Å². The standard InChI is InChI=1S/C13H19NO5S/c1-3-9(2)10-4-6-11(7-5-10)20(18,19)14-8-12(15)13(16)17/h4-7,9,12,14-15H,3,8H2,1-2H3,(H,16,17). The minimum Gasteiger partial charge on any atom is -0.479 e. The molecule has 2 atom stereocenters. The van der Waals surface area contributed by atoms with Crippen molar-refractivity contribution in [1.82, 2.24) is 4.72 Å². The van der Waals surface area contributed by atoms with Crippen molar-refractivity contribution >= 4 is 16.0 Å². The molecule has 0 amide bonds. The van der Waals surface area contributed by atoms with Crippen molar-refractivity contribution < 1.29 is 23.4 Å². The van der Waals surface area contributed by atoms with Crippen molar-refractivity contribution in [3.05, 3.63) is 29.8 Å². The summed E-state index contributed by atoms with van der Waals surface area (Å²) in [4.78, 5) is 10.5. The van der Waals surface area contributed by atoms with Gasteiger partial charge in [0.05, 0.1) is 4.90 Å². The highest BCUT2D eigenvalue weighted by Crippen LogP contribution is 2.20. The van der Waals surface area contributed by atoms with Gasteiger partial charge in [-0.1, -0.05) is 26.0 Å². The Bertz CT molecular complexity index is 553. The minimum absolute atomic E-state index is 0.0436. The van der Waals surface area contributed by atoms with E-state index >= 15 is 0 Å². The highest BCUT2D eigenvalue weighted by molar-refractivity contribution is 7.89. The quantitative estimate of drug-likeness (QED) is 0.695. The molecule has 20 heavy (non-hydrogen) atoms. The van der Waals surface area contributed by atoms with E-state index in [4.69, 9.17) is 10.2 Å². The Balaban J connectivity index is 2.80. The molecule has 0 bridgehead atoms. The first kappa shape index (κ1) is 16.6. The first-order chi connectivity index (χ1) is 9.27. The SMILES string of the molecule is CCC(C)c1ccc(S(=O)(=O)NCC(O)C(=O)O)cc1. The van der Waals surface area contributed by atoms with Crippen LogP contribution in [0.4, 0.5) is 0 Å². The molecule has 0 saturated heterocycles. The maximum Gasteiger partial charge on any atom is 0.333 e. The topological polar surface area (TPSA) is 104 Å². The normalized spacial score (nSPS) is 14.8. The minimum atomic E-state index is -3.81. The molecule has 6 nitrogen and oxygen atoms in total. The summed E-state index contributed by atoms with van der Waals surface area (Å²) in [6.45, 7) is 3.53. The van der Waals surface area contributed by atoms with Crippen LogP contribution in [0, 0.1) is 0 Å². The molecule has 1 aromatic rings. The monoisotopic (exact) mass is 301 g/mol. The molecule has 0 spiro atoms. The van der Waals surface area contributed by atoms with Crippen LogP contribution >= 0.6 is 0 Å². The molecular weight excluding hydrogens is 282 g/mol. The number of sulfonamides is 1. The van der Waals surface area contributed by atoms with Gasteiger partial charge in [0.2, 0.25) is 10.0 Å². The zero-order valence-electron chi connectivity index (χ0n) is 11.4. The summed E-state index contributed by atoms with van der Waals surface area (Å²) >= 11 is 0. The number of rotatable bonds is 7. The van der Waals surface area contributed by atoms with Crippen molar-refractivity contribution in [2.75, 3.05) is 6.54 Å². The van der Waals surface area contributed by atoms with Crippen molar-refractivity contribution in [1.29, 1.82) is 0 Å². The Kier molecular flexibility index (Phi) is 5.67. The number of aliphatic hydroxyl groups excluding tert-OH is 1. The van der Waals surface area contributed by atoms with E-state index in [1.807, 2.05) is 13.8 Å². The lowest BCUT2D eigenvalue weighted by Crippen LogP contribution is -2.36. The fourth-order valence-electron chi connectivity index (χ4n) is 1.57. The Morgan fingerprint density at radius 3 is 2.30 bits per heavy atom. The van der Waals surface area contributed by atoms with Crippen molar-refractivity contribution in [3.63, 3.8) is 0 Å². The Hall–Kier alpha value is -1.44. The second-order valence-corrected chi connectivity index (χ2v) is 6.35. The molecule has 112 valence electrons. The summed E-state index contributed by atoms with van der Waals surface area (Å²) in [7, 11) is -3.81. The number of carboxylic acid groups (broad SMARTS) is 1. The maximum atomic E-state index is 11.9. The number of hydrogen-bond donors (Lipinski definition) is 3. The molecule has 0 saturated carbocycles. The number of carbonyl (C=O) groups is 1. The summed E-state index contributed by atoms with van der Waals surface area (Å²) in [5, 5.41) is 17.5. The lowest BCUT2D eigenvalue weighted by atomic mass is 9.99. The van der Waals surface area contributed by atoms with Crippen molar-refractivity contribution in [3.8, 4) is 0 Å². The van der Waals surface area contributed by atoms with E-state index in [9.17, 15) is 13.2 Å². The van der Waals surface area contributed by atoms with Crippen LogP contribution < -0.4 is 4.72 Å². The molecule has 0 aliphatic carbocycles. The van der Waals surface area contributed by atoms with Crippen molar-refractivity contribution in [2.45, 2.75) is 37.2 Å². The zero-order chi connectivity index (χ0) is 15.3. The molecule has 1 aromatic carbocycles. The largest absolute Gasteiger partial charge is 0.479 e. The van der Waals surface area contributed by atoms with Crippen LogP contribution in [0.25, 0.3) is 0 Å². The lowest BCUT2D eigenvalue weighted by Gasteiger charge is -2.11. The van der Waals surface area contributed by atoms with Gasteiger partial charge in [0.1, 0.15) is 0 Å². The Morgan fingerprint density at radius 1 is 1.30 bits per heavy atom. The molecule has 0 fully saturated rings. The van der Waals surface area contributed by atoms with Crippen LogP contribution in [0.3, 0.4) is 0 Å². The van der Waals surface area contributed by atoms with Gasteiger partial charge in [-0.2, -0.15) is 0 Å². The predicted molar refractivity (Wildman–Crippen MR) is 74.0 cm³/mol. The van der Waals surface area contributed by atoms with Gasteiger partial charge in [0.15, 0.2) is 6.10 Å². The van der Waals surface area contributed by atoms with Crippen LogP contribution in [0.15, 0.2) is 29.2 Å². The van der Waals surface area contributed by atoms with Gasteiger partial charge in [-0.15, -0.1) is 0 Å². The second-order valence-electron chi connectivity index (χ2n) is 4.58. The third-order valence-corrected chi connectivity index (χ3v) is 4.56. The van der Waals surface area contributed by atoms with E-state index in [1.165, 1.54) is 12.1 Å². The first-order valence-electron chi connectivity index (χ1n) is 6.28. The maximum absolute atomic E-state index is 11.9. The van der Waals surface area contributed by atoms with E-state index < -0.39 is 28.6 Å². The van der Waals surface area contributed by atoms with Crippen molar-refractivity contribution in [2.24, 2.45) is 0 Å². The van der Waals surface area contributed by atoms with Gasteiger partial charge in [-0.05, 0) is 30.0 Å². The van der Waals surface area contributed by atoms with Crippen LogP contribution in [0.1, 0.15) is 31.7 Å². The number of nitrogens with one attached hydrogen (secondary N) is 1. The Labute approximate surface area is 118 Å². The molecule has 2 unspecified atom stereocenters. The van der Waals surface area contributed by atoms with E-state index in [1.54, 1.807) is 12.1 Å². The third kappa shape index (κ3) is 4.29. The lowest BCUT2D eigenvalue weighted by molar-refractivity contribution is -0.146. The number of benzene rings is 1. The summed E-state index contributed by atoms with van der Waals surface area (Å²) < 4.78 is 25.8. The molecule has 0 aromatic heterocycles. The summed E-state index contributed by atoms with van der Waals surface area (Å²) in [6, 6.07) is 6.40. The van der Waals surface area contributed by atoms with Gasteiger partial charge >= 0.3 is 5.97 Å². The fraction of sp³-hybridized carbons (Fsp3) is 0.462. The van der Waals surface area contributed by atoms with Crippen LogP contribution in [-0.2, 0) is 14.8 Å². The average molecular weight is 301 g/mol. The second kappa shape index (κ2) is 6.83. The average Bonchev–Trinajstić information content (AvgIpc) is 2.44. The molecule has 0 aliphatic heterocycles. The van der Waals surface area contributed by atoms with Gasteiger partial charge in [-0.3, -0.25) is 0 Å². The molecule has 0 aliphatic rings. The molecule has 3 N–H and O–H groups in total. The highest BCUT2D eigenvalue weighted by atomic mass is 32.2. The van der Waals surface area contributed by atoms with E-state index in [0.717, 1.165) is 12.0 Å². The number of hydrogen-bond acceptors (Lipinski definition) is 4. The molecule has 1 rings (SSSR count).